The minimum atomic E-state index is -0.177. The Hall–Kier alpha value is -1.59. The summed E-state index contributed by atoms with van der Waals surface area (Å²) in [6, 6.07) is 7.77. The van der Waals surface area contributed by atoms with E-state index in [9.17, 15) is 4.79 Å². The summed E-state index contributed by atoms with van der Waals surface area (Å²) in [4.78, 5) is 13.4. The van der Waals surface area contributed by atoms with E-state index >= 15 is 0 Å². The molecule has 1 saturated heterocycles. The smallest absolute Gasteiger partial charge is 0.238 e. The molecule has 92 valence electrons. The van der Waals surface area contributed by atoms with E-state index < -0.39 is 0 Å². The first-order valence-electron chi connectivity index (χ1n) is 5.72. The van der Waals surface area contributed by atoms with Gasteiger partial charge in [0.1, 0.15) is 0 Å². The molecule has 1 aliphatic rings. The number of rotatable bonds is 3. The lowest BCUT2D eigenvalue weighted by molar-refractivity contribution is -0.114. The first kappa shape index (κ1) is 11.9. The fraction of sp³-hybridized carbons (Fsp3) is 0.417. The predicted molar refractivity (Wildman–Crippen MR) is 67.2 cm³/mol. The molecule has 0 aromatic heterocycles. The second kappa shape index (κ2) is 5.65. The maximum absolute atomic E-state index is 11.1. The topological polar surface area (TPSA) is 67.6 Å². The molecule has 1 heterocycles. The number of benzene rings is 1. The van der Waals surface area contributed by atoms with Gasteiger partial charge in [-0.05, 0) is 24.3 Å². The van der Waals surface area contributed by atoms with Crippen LogP contribution in [0.3, 0.4) is 0 Å². The van der Waals surface area contributed by atoms with Crippen LogP contribution < -0.4 is 16.0 Å². The highest BCUT2D eigenvalue weighted by Gasteiger charge is 2.10. The van der Waals surface area contributed by atoms with Crippen LogP contribution in [0, 0.1) is 0 Å². The second-order valence-corrected chi connectivity index (χ2v) is 3.90. The van der Waals surface area contributed by atoms with Crippen molar-refractivity contribution in [3.8, 4) is 0 Å². The molecular weight excluding hydrogens is 218 g/mol. The summed E-state index contributed by atoms with van der Waals surface area (Å²) >= 11 is 0. The van der Waals surface area contributed by atoms with Gasteiger partial charge >= 0.3 is 0 Å². The summed E-state index contributed by atoms with van der Waals surface area (Å²) in [6.45, 7) is 3.37. The van der Waals surface area contributed by atoms with Crippen molar-refractivity contribution in [1.82, 2.24) is 0 Å². The minimum absolute atomic E-state index is 0.00517. The molecule has 1 fully saturated rings. The number of hydrogen-bond donors (Lipinski definition) is 2. The van der Waals surface area contributed by atoms with E-state index in [1.165, 1.54) is 0 Å². The van der Waals surface area contributed by atoms with Gasteiger partial charge in [-0.2, -0.15) is 0 Å². The average molecular weight is 235 g/mol. The van der Waals surface area contributed by atoms with Crippen LogP contribution in [0.15, 0.2) is 24.3 Å². The van der Waals surface area contributed by atoms with Gasteiger partial charge in [-0.1, -0.05) is 0 Å². The predicted octanol–water partition coefficient (Wildman–Crippen LogP) is 0.420. The Kier molecular flexibility index (Phi) is 3.95. The van der Waals surface area contributed by atoms with Crippen LogP contribution in [0.2, 0.25) is 0 Å². The third-order valence-corrected chi connectivity index (χ3v) is 2.71. The van der Waals surface area contributed by atoms with Gasteiger partial charge in [-0.15, -0.1) is 0 Å². The maximum Gasteiger partial charge on any atom is 0.238 e. The molecule has 1 amide bonds. The highest BCUT2D eigenvalue weighted by atomic mass is 16.5. The zero-order valence-electron chi connectivity index (χ0n) is 9.69. The molecule has 17 heavy (non-hydrogen) atoms. The number of morpholine rings is 1. The van der Waals surface area contributed by atoms with Crippen LogP contribution in [0.5, 0.6) is 0 Å². The highest BCUT2D eigenvalue weighted by molar-refractivity contribution is 5.92. The lowest BCUT2D eigenvalue weighted by Gasteiger charge is -2.28. The van der Waals surface area contributed by atoms with Crippen molar-refractivity contribution in [2.45, 2.75) is 0 Å². The third-order valence-electron chi connectivity index (χ3n) is 2.71. The number of hydrogen-bond acceptors (Lipinski definition) is 4. The van der Waals surface area contributed by atoms with E-state index in [4.69, 9.17) is 10.5 Å². The van der Waals surface area contributed by atoms with E-state index in [1.54, 1.807) is 0 Å². The summed E-state index contributed by atoms with van der Waals surface area (Å²) in [7, 11) is 0. The van der Waals surface area contributed by atoms with E-state index in [-0.39, 0.29) is 12.5 Å². The molecule has 0 atom stereocenters. The van der Waals surface area contributed by atoms with Crippen molar-refractivity contribution in [2.75, 3.05) is 43.1 Å². The number of nitrogens with zero attached hydrogens (tertiary/aromatic N) is 1. The Labute approximate surface area is 101 Å². The lowest BCUT2D eigenvalue weighted by Crippen LogP contribution is -2.36. The molecule has 1 aliphatic heterocycles. The molecule has 0 saturated carbocycles. The molecule has 0 radical (unpaired) electrons. The zero-order chi connectivity index (χ0) is 12.1. The summed E-state index contributed by atoms with van der Waals surface area (Å²) in [5.41, 5.74) is 7.16. The van der Waals surface area contributed by atoms with Crippen LogP contribution in [-0.4, -0.2) is 38.8 Å². The Morgan fingerprint density at radius 2 is 1.94 bits per heavy atom. The normalized spacial score (nSPS) is 15.7. The van der Waals surface area contributed by atoms with Gasteiger partial charge in [-0.3, -0.25) is 4.79 Å². The monoisotopic (exact) mass is 235 g/mol. The quantitative estimate of drug-likeness (QED) is 0.796. The SMILES string of the molecule is NCC(=O)Nc1ccc(N2CCOCC2)cc1. The third kappa shape index (κ3) is 3.18. The standard InChI is InChI=1S/C12H17N3O2/c13-9-12(16)14-10-1-3-11(4-2-10)15-5-7-17-8-6-15/h1-4H,5-9,13H2,(H,14,16). The van der Waals surface area contributed by atoms with Crippen LogP contribution in [0.25, 0.3) is 0 Å². The van der Waals surface area contributed by atoms with E-state index in [1.807, 2.05) is 24.3 Å². The van der Waals surface area contributed by atoms with Crippen molar-refractivity contribution < 1.29 is 9.53 Å². The number of ether oxygens (including phenoxy) is 1. The maximum atomic E-state index is 11.1. The number of nitrogens with two attached hydrogens (primary N) is 1. The van der Waals surface area contributed by atoms with Gasteiger partial charge in [0.05, 0.1) is 19.8 Å². The van der Waals surface area contributed by atoms with Crippen LogP contribution in [0.4, 0.5) is 11.4 Å². The molecule has 2 rings (SSSR count). The summed E-state index contributed by atoms with van der Waals surface area (Å²) < 4.78 is 5.30. The Bertz CT molecular complexity index is 372. The van der Waals surface area contributed by atoms with Crippen molar-refractivity contribution in [3.63, 3.8) is 0 Å². The molecule has 0 aliphatic carbocycles. The molecule has 0 unspecified atom stereocenters. The zero-order valence-corrected chi connectivity index (χ0v) is 9.69. The highest BCUT2D eigenvalue weighted by Crippen LogP contribution is 2.18. The van der Waals surface area contributed by atoms with Crippen molar-refractivity contribution >= 4 is 17.3 Å². The van der Waals surface area contributed by atoms with Gasteiger partial charge in [0.2, 0.25) is 5.91 Å². The number of anilines is 2. The van der Waals surface area contributed by atoms with Gasteiger partial charge in [-0.25, -0.2) is 0 Å². The lowest BCUT2D eigenvalue weighted by atomic mass is 10.2. The van der Waals surface area contributed by atoms with Crippen LogP contribution >= 0.6 is 0 Å². The summed E-state index contributed by atoms with van der Waals surface area (Å²) in [5, 5.41) is 2.71. The first-order valence-corrected chi connectivity index (χ1v) is 5.72. The Balaban J connectivity index is 1.99. The van der Waals surface area contributed by atoms with Gasteiger partial charge in [0.15, 0.2) is 0 Å². The fourth-order valence-electron chi connectivity index (χ4n) is 1.79. The first-order chi connectivity index (χ1) is 8.29. The van der Waals surface area contributed by atoms with Crippen molar-refractivity contribution in [2.24, 2.45) is 5.73 Å². The molecule has 5 heteroatoms. The van der Waals surface area contributed by atoms with Crippen molar-refractivity contribution in [3.05, 3.63) is 24.3 Å². The molecule has 0 bridgehead atoms. The molecular formula is C12H17N3O2. The molecule has 1 aromatic rings. The number of carbonyl (C=O) groups is 1. The van der Waals surface area contributed by atoms with Crippen LogP contribution in [-0.2, 0) is 9.53 Å². The van der Waals surface area contributed by atoms with E-state index in [2.05, 4.69) is 10.2 Å². The largest absolute Gasteiger partial charge is 0.378 e. The average Bonchev–Trinajstić information content (AvgIpc) is 2.40. The Morgan fingerprint density at radius 3 is 2.53 bits per heavy atom. The van der Waals surface area contributed by atoms with E-state index in [0.29, 0.717) is 0 Å². The fourth-order valence-corrected chi connectivity index (χ4v) is 1.79. The van der Waals surface area contributed by atoms with Gasteiger partial charge in [0.25, 0.3) is 0 Å². The van der Waals surface area contributed by atoms with Crippen molar-refractivity contribution in [1.29, 1.82) is 0 Å². The Morgan fingerprint density at radius 1 is 1.29 bits per heavy atom. The summed E-state index contributed by atoms with van der Waals surface area (Å²) in [5.74, 6) is -0.177. The van der Waals surface area contributed by atoms with Crippen LogP contribution in [0.1, 0.15) is 0 Å². The summed E-state index contributed by atoms with van der Waals surface area (Å²) in [6.07, 6.45) is 0. The number of carbonyl (C=O) groups excluding carboxylic acids is 1. The number of nitrogens with one attached hydrogen (secondary N) is 1. The van der Waals surface area contributed by atoms with Gasteiger partial charge < -0.3 is 20.7 Å². The molecule has 0 spiro atoms. The van der Waals surface area contributed by atoms with E-state index in [0.717, 1.165) is 37.7 Å². The molecule has 5 nitrogen and oxygen atoms in total. The number of amides is 1. The minimum Gasteiger partial charge on any atom is -0.378 e. The second-order valence-electron chi connectivity index (χ2n) is 3.90. The van der Waals surface area contributed by atoms with Gasteiger partial charge in [0, 0.05) is 24.5 Å². The molecule has 1 aromatic carbocycles. The molecule has 3 N–H and O–H groups in total.